The maximum Gasteiger partial charge on any atom is 0.234 e. The Bertz CT molecular complexity index is 501. The zero-order chi connectivity index (χ0) is 14.5. The van der Waals surface area contributed by atoms with E-state index in [1.165, 1.54) is 0 Å². The van der Waals surface area contributed by atoms with Gasteiger partial charge in [-0.1, -0.05) is 35.3 Å². The van der Waals surface area contributed by atoms with Crippen LogP contribution in [0, 0.1) is 0 Å². The molecule has 1 saturated carbocycles. The molecule has 0 heterocycles. The molecule has 1 aliphatic rings. The van der Waals surface area contributed by atoms with Gasteiger partial charge in [0.05, 0.1) is 16.6 Å². The maximum atomic E-state index is 11.8. The van der Waals surface area contributed by atoms with Gasteiger partial charge in [0.1, 0.15) is 0 Å². The van der Waals surface area contributed by atoms with Crippen molar-refractivity contribution in [3.63, 3.8) is 0 Å². The van der Waals surface area contributed by atoms with Gasteiger partial charge in [0.2, 0.25) is 5.91 Å². The van der Waals surface area contributed by atoms with Gasteiger partial charge in [-0.05, 0) is 30.5 Å². The van der Waals surface area contributed by atoms with Crippen LogP contribution in [0.5, 0.6) is 0 Å². The first-order valence-electron chi connectivity index (χ1n) is 6.65. The van der Waals surface area contributed by atoms with Crippen LogP contribution in [0.1, 0.15) is 18.4 Å². The highest BCUT2D eigenvalue weighted by Crippen LogP contribution is 2.29. The molecule has 1 N–H and O–H groups in total. The van der Waals surface area contributed by atoms with Crippen LogP contribution >= 0.6 is 23.2 Å². The summed E-state index contributed by atoms with van der Waals surface area (Å²) >= 11 is 11.9. The molecule has 5 heteroatoms. The zero-order valence-electron chi connectivity index (χ0n) is 11.2. The Labute approximate surface area is 129 Å². The van der Waals surface area contributed by atoms with Crippen molar-refractivity contribution >= 4 is 29.1 Å². The molecule has 1 aromatic rings. The molecule has 1 amide bonds. The fraction of sp³-hybridized carbons (Fsp3) is 0.400. The number of benzene rings is 1. The van der Waals surface area contributed by atoms with Crippen LogP contribution in [-0.2, 0) is 11.3 Å². The van der Waals surface area contributed by atoms with Gasteiger partial charge in [-0.15, -0.1) is 6.58 Å². The maximum absolute atomic E-state index is 11.8. The second kappa shape index (κ2) is 7.11. The summed E-state index contributed by atoms with van der Waals surface area (Å²) in [6, 6.07) is 6.10. The summed E-state index contributed by atoms with van der Waals surface area (Å²) in [5, 5.41) is 3.91. The van der Waals surface area contributed by atoms with Gasteiger partial charge in [-0.25, -0.2) is 0 Å². The summed E-state index contributed by atoms with van der Waals surface area (Å²) in [7, 11) is 0. The van der Waals surface area contributed by atoms with E-state index in [0.717, 1.165) is 18.4 Å². The highest BCUT2D eigenvalue weighted by molar-refractivity contribution is 6.42. The second-order valence-corrected chi connectivity index (χ2v) is 5.79. The third-order valence-electron chi connectivity index (χ3n) is 3.22. The van der Waals surface area contributed by atoms with E-state index in [1.54, 1.807) is 12.1 Å². The average Bonchev–Trinajstić information content (AvgIpc) is 3.24. The van der Waals surface area contributed by atoms with Gasteiger partial charge in [-0.3, -0.25) is 9.69 Å². The first kappa shape index (κ1) is 15.4. The summed E-state index contributed by atoms with van der Waals surface area (Å²) in [6.07, 6.45) is 3.98. The van der Waals surface area contributed by atoms with Gasteiger partial charge < -0.3 is 5.32 Å². The van der Waals surface area contributed by atoms with E-state index in [9.17, 15) is 4.79 Å². The van der Waals surface area contributed by atoms with Crippen LogP contribution < -0.4 is 5.32 Å². The molecule has 0 spiro atoms. The molecule has 0 aromatic heterocycles. The number of nitrogens with one attached hydrogen (secondary N) is 1. The standard InChI is InChI=1S/C15H18Cl2N2O/c1-2-7-18-15(20)10-19(12-4-5-12)9-11-3-6-13(16)14(17)8-11/h2-3,6,8,12H,1,4-5,7,9-10H2,(H,18,20). The van der Waals surface area contributed by atoms with Crippen molar-refractivity contribution in [1.29, 1.82) is 0 Å². The van der Waals surface area contributed by atoms with E-state index in [1.807, 2.05) is 12.1 Å². The molecule has 20 heavy (non-hydrogen) atoms. The summed E-state index contributed by atoms with van der Waals surface area (Å²) in [4.78, 5) is 14.0. The fourth-order valence-electron chi connectivity index (χ4n) is 2.05. The van der Waals surface area contributed by atoms with E-state index < -0.39 is 0 Å². The largest absolute Gasteiger partial charge is 0.352 e. The van der Waals surface area contributed by atoms with Crippen molar-refractivity contribution in [2.75, 3.05) is 13.1 Å². The van der Waals surface area contributed by atoms with Gasteiger partial charge in [0, 0.05) is 19.1 Å². The number of nitrogens with zero attached hydrogens (tertiary/aromatic N) is 1. The van der Waals surface area contributed by atoms with Crippen molar-refractivity contribution < 1.29 is 4.79 Å². The van der Waals surface area contributed by atoms with Crippen LogP contribution in [0.25, 0.3) is 0 Å². The molecular weight excluding hydrogens is 295 g/mol. The van der Waals surface area contributed by atoms with E-state index in [2.05, 4.69) is 16.8 Å². The molecule has 108 valence electrons. The summed E-state index contributed by atoms with van der Waals surface area (Å²) < 4.78 is 0. The van der Waals surface area contributed by atoms with Crippen molar-refractivity contribution in [2.24, 2.45) is 0 Å². The predicted molar refractivity (Wildman–Crippen MR) is 83.1 cm³/mol. The monoisotopic (exact) mass is 312 g/mol. The lowest BCUT2D eigenvalue weighted by molar-refractivity contribution is -0.122. The Morgan fingerprint density at radius 2 is 2.15 bits per heavy atom. The summed E-state index contributed by atoms with van der Waals surface area (Å²) in [5.41, 5.74) is 1.07. The molecule has 1 aromatic carbocycles. The lowest BCUT2D eigenvalue weighted by Gasteiger charge is -2.21. The van der Waals surface area contributed by atoms with Crippen LogP contribution in [0.4, 0.5) is 0 Å². The molecule has 0 saturated heterocycles. The first-order chi connectivity index (χ1) is 9.60. The van der Waals surface area contributed by atoms with Crippen LogP contribution in [0.3, 0.4) is 0 Å². The number of carbonyl (C=O) groups excluding carboxylic acids is 1. The molecule has 2 rings (SSSR count). The van der Waals surface area contributed by atoms with Gasteiger partial charge >= 0.3 is 0 Å². The fourth-order valence-corrected chi connectivity index (χ4v) is 2.37. The molecule has 0 aliphatic heterocycles. The highest BCUT2D eigenvalue weighted by atomic mass is 35.5. The van der Waals surface area contributed by atoms with Gasteiger partial charge in [0.15, 0.2) is 0 Å². The van der Waals surface area contributed by atoms with Gasteiger partial charge in [0.25, 0.3) is 0 Å². The average molecular weight is 313 g/mol. The quantitative estimate of drug-likeness (QED) is 0.784. The Kier molecular flexibility index (Phi) is 5.46. The normalized spacial score (nSPS) is 14.3. The summed E-state index contributed by atoms with van der Waals surface area (Å²) in [6.45, 7) is 5.21. The Hall–Kier alpha value is -1.03. The summed E-state index contributed by atoms with van der Waals surface area (Å²) in [5.74, 6) is 0.0249. The van der Waals surface area contributed by atoms with Gasteiger partial charge in [-0.2, -0.15) is 0 Å². The van der Waals surface area contributed by atoms with Crippen LogP contribution in [-0.4, -0.2) is 29.9 Å². The van der Waals surface area contributed by atoms with Crippen LogP contribution in [0.15, 0.2) is 30.9 Å². The third kappa shape index (κ3) is 4.51. The first-order valence-corrected chi connectivity index (χ1v) is 7.41. The molecule has 0 radical (unpaired) electrons. The SMILES string of the molecule is C=CCNC(=O)CN(Cc1ccc(Cl)c(Cl)c1)C1CC1. The Balaban J connectivity index is 1.96. The molecular formula is C15H18Cl2N2O. The number of carbonyl (C=O) groups is 1. The molecule has 1 aliphatic carbocycles. The third-order valence-corrected chi connectivity index (χ3v) is 3.96. The molecule has 0 unspecified atom stereocenters. The minimum absolute atomic E-state index is 0.0249. The van der Waals surface area contributed by atoms with E-state index in [4.69, 9.17) is 23.2 Å². The Morgan fingerprint density at radius 3 is 2.75 bits per heavy atom. The second-order valence-electron chi connectivity index (χ2n) is 4.98. The smallest absolute Gasteiger partial charge is 0.234 e. The zero-order valence-corrected chi connectivity index (χ0v) is 12.8. The number of hydrogen-bond acceptors (Lipinski definition) is 2. The number of rotatable bonds is 7. The van der Waals surface area contributed by atoms with Crippen molar-refractivity contribution in [1.82, 2.24) is 10.2 Å². The Morgan fingerprint density at radius 1 is 1.40 bits per heavy atom. The van der Waals surface area contributed by atoms with E-state index >= 15 is 0 Å². The van der Waals surface area contributed by atoms with Crippen molar-refractivity contribution in [3.8, 4) is 0 Å². The number of amides is 1. The van der Waals surface area contributed by atoms with Crippen molar-refractivity contribution in [3.05, 3.63) is 46.5 Å². The molecule has 0 atom stereocenters. The molecule has 1 fully saturated rings. The lowest BCUT2D eigenvalue weighted by Crippen LogP contribution is -2.38. The van der Waals surface area contributed by atoms with Crippen LogP contribution in [0.2, 0.25) is 10.0 Å². The predicted octanol–water partition coefficient (Wildman–Crippen LogP) is 3.26. The minimum Gasteiger partial charge on any atom is -0.352 e. The minimum atomic E-state index is 0.0249. The molecule has 3 nitrogen and oxygen atoms in total. The topological polar surface area (TPSA) is 32.3 Å². The van der Waals surface area contributed by atoms with Crippen molar-refractivity contribution in [2.45, 2.75) is 25.4 Å². The number of hydrogen-bond donors (Lipinski definition) is 1. The molecule has 0 bridgehead atoms. The van der Waals surface area contributed by atoms with E-state index in [-0.39, 0.29) is 5.91 Å². The van der Waals surface area contributed by atoms with E-state index in [0.29, 0.717) is 35.7 Å². The number of halogens is 2. The lowest BCUT2D eigenvalue weighted by atomic mass is 10.2. The highest BCUT2D eigenvalue weighted by Gasteiger charge is 2.30.